The summed E-state index contributed by atoms with van der Waals surface area (Å²) in [7, 11) is -0.0847. The maximum atomic E-state index is 13.9. The monoisotopic (exact) mass is 416 g/mol. The lowest BCUT2D eigenvalue weighted by atomic mass is 9.99. The van der Waals surface area contributed by atoms with Gasteiger partial charge in [0.25, 0.3) is 5.91 Å². The van der Waals surface area contributed by atoms with Crippen LogP contribution in [-0.2, 0) is 10.8 Å². The molecule has 0 aliphatic carbocycles. The van der Waals surface area contributed by atoms with Crippen LogP contribution in [0, 0.1) is 6.92 Å². The first-order valence-electron chi connectivity index (χ1n) is 9.41. The van der Waals surface area contributed by atoms with Crippen LogP contribution in [0.15, 0.2) is 76.5 Å². The van der Waals surface area contributed by atoms with Crippen molar-refractivity contribution in [1.82, 2.24) is 5.32 Å². The summed E-state index contributed by atoms with van der Waals surface area (Å²) in [5.74, 6) is -0.817. The molecule has 4 rings (SSSR count). The van der Waals surface area contributed by atoms with Gasteiger partial charge in [-0.2, -0.15) is 0 Å². The van der Waals surface area contributed by atoms with Crippen molar-refractivity contribution in [2.24, 2.45) is 5.73 Å². The molecule has 0 aromatic heterocycles. The second-order valence-electron chi connectivity index (χ2n) is 6.98. The summed E-state index contributed by atoms with van der Waals surface area (Å²) < 4.78 is 13.9. The molecule has 6 heteroatoms. The van der Waals surface area contributed by atoms with Crippen LogP contribution in [0.5, 0.6) is 0 Å². The molecule has 0 saturated heterocycles. The number of benzene rings is 4. The molecule has 4 aromatic rings. The van der Waals surface area contributed by atoms with E-state index in [0.29, 0.717) is 31.7 Å². The molecule has 30 heavy (non-hydrogen) atoms. The number of amides is 2. The third-order valence-corrected chi connectivity index (χ3v) is 6.68. The first-order chi connectivity index (χ1) is 14.4. The van der Waals surface area contributed by atoms with Crippen molar-refractivity contribution in [3.63, 3.8) is 0 Å². The van der Waals surface area contributed by atoms with E-state index in [2.05, 4.69) is 5.32 Å². The fourth-order valence-electron chi connectivity index (χ4n) is 3.83. The first kappa shape index (κ1) is 19.8. The van der Waals surface area contributed by atoms with Gasteiger partial charge in [-0.1, -0.05) is 48.5 Å². The number of hydrogen-bond donors (Lipinski definition) is 2. The molecule has 0 bridgehead atoms. The van der Waals surface area contributed by atoms with E-state index < -0.39 is 16.7 Å². The van der Waals surface area contributed by atoms with Crippen molar-refractivity contribution in [2.75, 3.05) is 7.05 Å². The van der Waals surface area contributed by atoms with E-state index in [1.165, 1.54) is 0 Å². The highest BCUT2D eigenvalue weighted by atomic mass is 32.2. The predicted molar refractivity (Wildman–Crippen MR) is 119 cm³/mol. The van der Waals surface area contributed by atoms with Gasteiger partial charge < -0.3 is 11.1 Å². The van der Waals surface area contributed by atoms with Crippen LogP contribution in [0.3, 0.4) is 0 Å². The maximum Gasteiger partial charge on any atom is 0.251 e. The summed E-state index contributed by atoms with van der Waals surface area (Å²) in [6.07, 6.45) is 0. The molecule has 0 aliphatic rings. The van der Waals surface area contributed by atoms with Gasteiger partial charge in [-0.25, -0.2) is 4.21 Å². The molecule has 4 aromatic carbocycles. The molecule has 5 nitrogen and oxygen atoms in total. The number of carbonyl (C=O) groups excluding carboxylic acids is 2. The Hall–Kier alpha value is -3.51. The fourth-order valence-corrected chi connectivity index (χ4v) is 5.29. The largest absolute Gasteiger partial charge is 0.366 e. The molecule has 0 aliphatic heterocycles. The van der Waals surface area contributed by atoms with Gasteiger partial charge in [0.1, 0.15) is 0 Å². The van der Waals surface area contributed by atoms with Gasteiger partial charge in [0, 0.05) is 23.4 Å². The van der Waals surface area contributed by atoms with Gasteiger partial charge >= 0.3 is 0 Å². The van der Waals surface area contributed by atoms with Crippen LogP contribution in [0.2, 0.25) is 0 Å². The summed E-state index contributed by atoms with van der Waals surface area (Å²) in [6, 6.07) is 20.0. The Bertz CT molecular complexity index is 1360. The highest BCUT2D eigenvalue weighted by Gasteiger charge is 2.21. The number of nitrogens with one attached hydrogen (secondary N) is 1. The molecule has 0 saturated carbocycles. The van der Waals surface area contributed by atoms with Crippen molar-refractivity contribution in [1.29, 1.82) is 0 Å². The third kappa shape index (κ3) is 3.15. The van der Waals surface area contributed by atoms with Gasteiger partial charge in [0.2, 0.25) is 5.91 Å². The number of primary amides is 1. The maximum absolute atomic E-state index is 13.9. The van der Waals surface area contributed by atoms with Gasteiger partial charge in [0.05, 0.1) is 26.2 Å². The number of aryl methyl sites for hydroxylation is 1. The molecule has 2 amide bonds. The molecule has 150 valence electrons. The van der Waals surface area contributed by atoms with Crippen LogP contribution >= 0.6 is 0 Å². The number of hydrogen-bond acceptors (Lipinski definition) is 3. The lowest BCUT2D eigenvalue weighted by Gasteiger charge is -2.14. The van der Waals surface area contributed by atoms with E-state index >= 15 is 0 Å². The van der Waals surface area contributed by atoms with Crippen LogP contribution in [-0.4, -0.2) is 23.1 Å². The molecule has 0 fully saturated rings. The zero-order valence-corrected chi connectivity index (χ0v) is 17.4. The van der Waals surface area contributed by atoms with Crippen molar-refractivity contribution >= 4 is 44.2 Å². The fraction of sp³-hybridized carbons (Fsp3) is 0.0833. The Kier molecular flexibility index (Phi) is 5.10. The zero-order chi connectivity index (χ0) is 21.4. The highest BCUT2D eigenvalue weighted by Crippen LogP contribution is 2.34. The third-order valence-electron chi connectivity index (χ3n) is 5.20. The van der Waals surface area contributed by atoms with Crippen LogP contribution in [0.1, 0.15) is 26.3 Å². The van der Waals surface area contributed by atoms with Crippen LogP contribution in [0.25, 0.3) is 21.5 Å². The molecule has 1 atom stereocenters. The van der Waals surface area contributed by atoms with Crippen LogP contribution in [0.4, 0.5) is 0 Å². The number of carbonyl (C=O) groups is 2. The SMILES string of the molecule is CNC(=O)c1cccc2cccc(S(=O)c3cccc4ccc(C)c(C(N)=O)c34)c12. The Morgan fingerprint density at radius 3 is 2.00 bits per heavy atom. The molecule has 0 heterocycles. The van der Waals surface area contributed by atoms with Gasteiger partial charge in [-0.3, -0.25) is 9.59 Å². The van der Waals surface area contributed by atoms with E-state index in [9.17, 15) is 13.8 Å². The molecule has 0 spiro atoms. The van der Waals surface area contributed by atoms with Gasteiger partial charge in [0.15, 0.2) is 0 Å². The van der Waals surface area contributed by atoms with Crippen molar-refractivity contribution < 1.29 is 13.8 Å². The molecule has 1 unspecified atom stereocenters. The minimum atomic E-state index is -1.65. The summed E-state index contributed by atoms with van der Waals surface area (Å²) >= 11 is 0. The topological polar surface area (TPSA) is 89.3 Å². The summed E-state index contributed by atoms with van der Waals surface area (Å²) in [6.45, 7) is 1.81. The van der Waals surface area contributed by atoms with Crippen LogP contribution < -0.4 is 11.1 Å². The van der Waals surface area contributed by atoms with Crippen molar-refractivity contribution in [3.05, 3.63) is 83.4 Å². The number of fused-ring (bicyclic) bond motifs is 2. The Labute approximate surface area is 176 Å². The zero-order valence-electron chi connectivity index (χ0n) is 16.6. The average Bonchev–Trinajstić information content (AvgIpc) is 2.76. The smallest absolute Gasteiger partial charge is 0.251 e. The number of rotatable bonds is 4. The summed E-state index contributed by atoms with van der Waals surface area (Å²) in [5, 5.41) is 5.45. The lowest BCUT2D eigenvalue weighted by molar-refractivity contribution is 0.0963. The van der Waals surface area contributed by atoms with Gasteiger partial charge in [-0.05, 0) is 41.5 Å². The van der Waals surface area contributed by atoms with E-state index in [1.807, 2.05) is 36.4 Å². The molecule has 3 N–H and O–H groups in total. The minimum Gasteiger partial charge on any atom is -0.366 e. The quantitative estimate of drug-likeness (QED) is 0.528. The summed E-state index contributed by atoms with van der Waals surface area (Å²) in [5.41, 5.74) is 7.21. The second kappa shape index (κ2) is 7.72. The van der Waals surface area contributed by atoms with E-state index in [-0.39, 0.29) is 5.91 Å². The Balaban J connectivity index is 2.06. The Morgan fingerprint density at radius 1 is 0.833 bits per heavy atom. The predicted octanol–water partition coefficient (Wildman–Crippen LogP) is 3.93. The standard InChI is InChI=1S/C24H20N2O3S/c1-14-12-13-16-8-5-11-19(22(16)20(14)23(25)27)30(29)18-10-4-7-15-6-3-9-17(21(15)18)24(28)26-2/h3-13H,1-2H3,(H2,25,27)(H,26,28). The van der Waals surface area contributed by atoms with Crippen molar-refractivity contribution in [3.8, 4) is 0 Å². The lowest BCUT2D eigenvalue weighted by Crippen LogP contribution is -2.18. The summed E-state index contributed by atoms with van der Waals surface area (Å²) in [4.78, 5) is 25.7. The first-order valence-corrected chi connectivity index (χ1v) is 10.6. The van der Waals surface area contributed by atoms with Crippen molar-refractivity contribution in [2.45, 2.75) is 16.7 Å². The molecular weight excluding hydrogens is 396 g/mol. The highest BCUT2D eigenvalue weighted by molar-refractivity contribution is 7.85. The minimum absolute atomic E-state index is 0.253. The van der Waals surface area contributed by atoms with Gasteiger partial charge in [-0.15, -0.1) is 0 Å². The normalized spacial score (nSPS) is 12.1. The molecular formula is C24H20N2O3S. The molecule has 0 radical (unpaired) electrons. The van der Waals surface area contributed by atoms with E-state index in [1.54, 1.807) is 44.3 Å². The van der Waals surface area contributed by atoms with E-state index in [0.717, 1.165) is 16.3 Å². The van der Waals surface area contributed by atoms with E-state index in [4.69, 9.17) is 5.73 Å². The average molecular weight is 417 g/mol. The second-order valence-corrected chi connectivity index (χ2v) is 8.40. The Morgan fingerprint density at radius 2 is 1.40 bits per heavy atom. The number of nitrogens with two attached hydrogens (primary N) is 1.